The van der Waals surface area contributed by atoms with Gasteiger partial charge in [-0.25, -0.2) is 4.98 Å². The number of hydrogen-bond acceptors (Lipinski definition) is 4. The molecule has 0 saturated heterocycles. The molecule has 1 aromatic heterocycles. The van der Waals surface area contributed by atoms with Crippen LogP contribution in [0.25, 0.3) is 0 Å². The molecule has 1 aromatic carbocycles. The van der Waals surface area contributed by atoms with Gasteiger partial charge < -0.3 is 0 Å². The molecule has 0 saturated carbocycles. The van der Waals surface area contributed by atoms with Gasteiger partial charge in [-0.1, -0.05) is 23.7 Å². The highest BCUT2D eigenvalue weighted by Gasteiger charge is 2.16. The lowest BCUT2D eigenvalue weighted by atomic mass is 10.0. The first kappa shape index (κ1) is 14.5. The largest absolute Gasteiger partial charge is 0.271 e. The third kappa shape index (κ3) is 3.34. The summed E-state index contributed by atoms with van der Waals surface area (Å²) >= 11 is 8.01. The predicted molar refractivity (Wildman–Crippen MR) is 81.5 cm³/mol. The number of aryl methyl sites for hydroxylation is 3. The molecule has 0 radical (unpaired) electrons. The zero-order valence-electron chi connectivity index (χ0n) is 11.3. The molecule has 0 aliphatic carbocycles. The molecule has 0 aliphatic heterocycles. The van der Waals surface area contributed by atoms with Gasteiger partial charge in [0, 0.05) is 16.3 Å². The van der Waals surface area contributed by atoms with Crippen LogP contribution < -0.4 is 11.3 Å². The second-order valence-electron chi connectivity index (χ2n) is 4.70. The normalized spacial score (nSPS) is 12.7. The summed E-state index contributed by atoms with van der Waals surface area (Å²) in [5, 5.41) is 1.82. The van der Waals surface area contributed by atoms with Crippen LogP contribution in [0.5, 0.6) is 0 Å². The molecule has 0 fully saturated rings. The van der Waals surface area contributed by atoms with Crippen molar-refractivity contribution in [3.05, 3.63) is 49.9 Å². The van der Waals surface area contributed by atoms with E-state index < -0.39 is 0 Å². The van der Waals surface area contributed by atoms with E-state index in [4.69, 9.17) is 17.4 Å². The minimum Gasteiger partial charge on any atom is -0.271 e. The third-order valence-electron chi connectivity index (χ3n) is 3.18. The maximum atomic E-state index is 6.29. The first-order valence-electron chi connectivity index (χ1n) is 6.16. The van der Waals surface area contributed by atoms with E-state index in [0.29, 0.717) is 0 Å². The summed E-state index contributed by atoms with van der Waals surface area (Å²) in [6.45, 7) is 6.13. The number of hydrazine groups is 1. The number of hydrogen-bond donors (Lipinski definition) is 2. The molecule has 102 valence electrons. The molecular weight excluding hydrogens is 278 g/mol. The number of thiazole rings is 1. The van der Waals surface area contributed by atoms with Crippen LogP contribution >= 0.6 is 22.9 Å². The highest BCUT2D eigenvalue weighted by Crippen LogP contribution is 2.28. The van der Waals surface area contributed by atoms with Crippen molar-refractivity contribution in [2.45, 2.75) is 33.2 Å². The minimum absolute atomic E-state index is 0.0157. The molecule has 1 atom stereocenters. The van der Waals surface area contributed by atoms with E-state index in [2.05, 4.69) is 17.3 Å². The van der Waals surface area contributed by atoms with Crippen molar-refractivity contribution in [2.24, 2.45) is 5.84 Å². The zero-order chi connectivity index (χ0) is 14.0. The molecule has 0 amide bonds. The SMILES string of the molecule is Cc1ccc(C(Cc2nc(C)c(C)s2)NN)c(Cl)c1. The lowest BCUT2D eigenvalue weighted by Gasteiger charge is -2.16. The topological polar surface area (TPSA) is 50.9 Å². The van der Waals surface area contributed by atoms with Gasteiger partial charge >= 0.3 is 0 Å². The second kappa shape index (κ2) is 6.01. The fourth-order valence-corrected chi connectivity index (χ4v) is 3.32. The fraction of sp³-hybridized carbons (Fsp3) is 0.357. The number of halogens is 1. The number of benzene rings is 1. The van der Waals surface area contributed by atoms with Gasteiger partial charge in [-0.15, -0.1) is 11.3 Å². The lowest BCUT2D eigenvalue weighted by Crippen LogP contribution is -2.29. The van der Waals surface area contributed by atoms with Gasteiger partial charge in [-0.2, -0.15) is 0 Å². The van der Waals surface area contributed by atoms with Gasteiger partial charge in [0.15, 0.2) is 0 Å². The van der Waals surface area contributed by atoms with E-state index in [0.717, 1.165) is 33.3 Å². The Balaban J connectivity index is 2.24. The summed E-state index contributed by atoms with van der Waals surface area (Å²) in [6, 6.07) is 6.01. The van der Waals surface area contributed by atoms with E-state index in [9.17, 15) is 0 Å². The summed E-state index contributed by atoms with van der Waals surface area (Å²) in [4.78, 5) is 5.80. The molecule has 3 N–H and O–H groups in total. The summed E-state index contributed by atoms with van der Waals surface area (Å²) in [6.07, 6.45) is 0.749. The molecular formula is C14H18ClN3S. The summed E-state index contributed by atoms with van der Waals surface area (Å²) < 4.78 is 0. The first-order chi connectivity index (χ1) is 9.01. The third-order valence-corrected chi connectivity index (χ3v) is 4.61. The number of aromatic nitrogens is 1. The van der Waals surface area contributed by atoms with Gasteiger partial charge in [-0.3, -0.25) is 11.3 Å². The van der Waals surface area contributed by atoms with Crippen molar-refractivity contribution < 1.29 is 0 Å². The number of nitrogens with one attached hydrogen (secondary N) is 1. The molecule has 2 rings (SSSR count). The van der Waals surface area contributed by atoms with E-state index in [1.54, 1.807) is 11.3 Å². The Bertz CT molecular complexity index is 561. The minimum atomic E-state index is -0.0157. The molecule has 1 heterocycles. The molecule has 1 unspecified atom stereocenters. The smallest absolute Gasteiger partial charge is 0.0950 e. The Kier molecular flexibility index (Phi) is 4.58. The lowest BCUT2D eigenvalue weighted by molar-refractivity contribution is 0.550. The Labute approximate surface area is 122 Å². The van der Waals surface area contributed by atoms with Gasteiger partial charge in [0.05, 0.1) is 16.7 Å². The fourth-order valence-electron chi connectivity index (χ4n) is 1.97. The maximum absolute atomic E-state index is 6.29. The van der Waals surface area contributed by atoms with E-state index in [-0.39, 0.29) is 6.04 Å². The highest BCUT2D eigenvalue weighted by atomic mass is 35.5. The van der Waals surface area contributed by atoms with Gasteiger partial charge in [0.1, 0.15) is 0 Å². The van der Waals surface area contributed by atoms with Crippen LogP contribution in [0.2, 0.25) is 5.02 Å². The van der Waals surface area contributed by atoms with E-state index in [1.165, 1.54) is 4.88 Å². The molecule has 0 spiro atoms. The Morgan fingerprint density at radius 2 is 2.11 bits per heavy atom. The van der Waals surface area contributed by atoms with Crippen molar-refractivity contribution in [3.63, 3.8) is 0 Å². The quantitative estimate of drug-likeness (QED) is 0.671. The number of nitrogens with two attached hydrogens (primary N) is 1. The molecule has 2 aromatic rings. The molecule has 5 heteroatoms. The Hall–Kier alpha value is -0.940. The van der Waals surface area contributed by atoms with Gasteiger partial charge in [0.25, 0.3) is 0 Å². The van der Waals surface area contributed by atoms with Crippen molar-refractivity contribution in [3.8, 4) is 0 Å². The average Bonchev–Trinajstić information content (AvgIpc) is 2.66. The van der Waals surface area contributed by atoms with Crippen LogP contribution in [0, 0.1) is 20.8 Å². The van der Waals surface area contributed by atoms with Crippen molar-refractivity contribution >= 4 is 22.9 Å². The van der Waals surface area contributed by atoms with Crippen molar-refractivity contribution in [2.75, 3.05) is 0 Å². The number of nitrogens with zero attached hydrogens (tertiary/aromatic N) is 1. The van der Waals surface area contributed by atoms with E-state index in [1.807, 2.05) is 32.0 Å². The summed E-state index contributed by atoms with van der Waals surface area (Å²) in [5.41, 5.74) is 6.08. The van der Waals surface area contributed by atoms with Crippen LogP contribution in [0.3, 0.4) is 0 Å². The zero-order valence-corrected chi connectivity index (χ0v) is 12.9. The Morgan fingerprint density at radius 1 is 1.37 bits per heavy atom. The monoisotopic (exact) mass is 295 g/mol. The summed E-state index contributed by atoms with van der Waals surface area (Å²) in [7, 11) is 0. The highest BCUT2D eigenvalue weighted by molar-refractivity contribution is 7.11. The van der Waals surface area contributed by atoms with Crippen LogP contribution in [0.1, 0.15) is 32.7 Å². The first-order valence-corrected chi connectivity index (χ1v) is 7.35. The molecule has 3 nitrogen and oxygen atoms in total. The molecule has 0 bridgehead atoms. The van der Waals surface area contributed by atoms with Gasteiger partial charge in [0.2, 0.25) is 0 Å². The van der Waals surface area contributed by atoms with Crippen molar-refractivity contribution in [1.82, 2.24) is 10.4 Å². The van der Waals surface area contributed by atoms with Gasteiger partial charge in [-0.05, 0) is 38.0 Å². The average molecular weight is 296 g/mol. The maximum Gasteiger partial charge on any atom is 0.0950 e. The van der Waals surface area contributed by atoms with Crippen LogP contribution in [0.4, 0.5) is 0 Å². The van der Waals surface area contributed by atoms with E-state index >= 15 is 0 Å². The summed E-state index contributed by atoms with van der Waals surface area (Å²) in [5.74, 6) is 5.67. The molecule has 0 aliphatic rings. The van der Waals surface area contributed by atoms with Crippen LogP contribution in [0.15, 0.2) is 18.2 Å². The standard InChI is InChI=1S/C14H18ClN3S/c1-8-4-5-11(12(15)6-8)13(18-16)7-14-17-9(2)10(3)19-14/h4-6,13,18H,7,16H2,1-3H3. The van der Waals surface area contributed by atoms with Crippen LogP contribution in [-0.4, -0.2) is 4.98 Å². The van der Waals surface area contributed by atoms with Crippen molar-refractivity contribution in [1.29, 1.82) is 0 Å². The van der Waals surface area contributed by atoms with Crippen LogP contribution in [-0.2, 0) is 6.42 Å². The molecule has 19 heavy (non-hydrogen) atoms. The predicted octanol–water partition coefficient (Wildman–Crippen LogP) is 3.47. The second-order valence-corrected chi connectivity index (χ2v) is 6.39. The number of rotatable bonds is 4. The Morgan fingerprint density at radius 3 is 2.63 bits per heavy atom.